The molecule has 0 spiro atoms. The van der Waals surface area contributed by atoms with Crippen LogP contribution in [0.5, 0.6) is 11.5 Å². The van der Waals surface area contributed by atoms with Gasteiger partial charge in [-0.15, -0.1) is 0 Å². The molecule has 26 heavy (non-hydrogen) atoms. The second-order valence-corrected chi connectivity index (χ2v) is 6.06. The molecular formula is C22H19NO3. The lowest BCUT2D eigenvalue weighted by Gasteiger charge is -2.19. The van der Waals surface area contributed by atoms with Crippen LogP contribution in [0.25, 0.3) is 0 Å². The van der Waals surface area contributed by atoms with E-state index in [-0.39, 0.29) is 12.0 Å². The van der Waals surface area contributed by atoms with Gasteiger partial charge in [0, 0.05) is 5.56 Å². The van der Waals surface area contributed by atoms with Gasteiger partial charge in [0.15, 0.2) is 5.75 Å². The number of anilines is 1. The van der Waals surface area contributed by atoms with Crippen LogP contribution >= 0.6 is 0 Å². The molecule has 3 aromatic carbocycles. The minimum Gasteiger partial charge on any atom is -0.462 e. The molecule has 0 fully saturated rings. The molecule has 0 saturated heterocycles. The molecule has 130 valence electrons. The largest absolute Gasteiger partial charge is 0.462 e. The highest BCUT2D eigenvalue weighted by Gasteiger charge is 2.24. The van der Waals surface area contributed by atoms with E-state index in [9.17, 15) is 4.79 Å². The molecule has 3 aromatic rings. The van der Waals surface area contributed by atoms with Gasteiger partial charge in [0.05, 0.1) is 23.9 Å². The molecule has 0 saturated carbocycles. The molecule has 1 N–H and O–H groups in total. The Hall–Kier alpha value is -3.27. The van der Waals surface area contributed by atoms with Crippen LogP contribution in [0.1, 0.15) is 34.5 Å². The van der Waals surface area contributed by atoms with Gasteiger partial charge in [0.1, 0.15) is 5.75 Å². The Labute approximate surface area is 152 Å². The Kier molecular flexibility index (Phi) is 4.32. The molecule has 0 aromatic heterocycles. The third-order valence-electron chi connectivity index (χ3n) is 4.39. The van der Waals surface area contributed by atoms with E-state index in [1.807, 2.05) is 54.6 Å². The maximum absolute atomic E-state index is 11.9. The van der Waals surface area contributed by atoms with Crippen molar-refractivity contribution in [2.45, 2.75) is 13.0 Å². The third-order valence-corrected chi connectivity index (χ3v) is 4.39. The predicted molar refractivity (Wildman–Crippen MR) is 101 cm³/mol. The van der Waals surface area contributed by atoms with Gasteiger partial charge in [0.25, 0.3) is 0 Å². The first-order valence-corrected chi connectivity index (χ1v) is 8.65. The summed E-state index contributed by atoms with van der Waals surface area (Å²) >= 11 is 0. The zero-order valence-electron chi connectivity index (χ0n) is 14.4. The smallest absolute Gasteiger partial charge is 0.338 e. The SMILES string of the molecule is CCOC(=O)c1ccc(C2Nc3ccccc3Oc3ccccc32)cc1. The van der Waals surface area contributed by atoms with E-state index < -0.39 is 0 Å². The molecule has 4 rings (SSSR count). The molecule has 1 aliphatic heterocycles. The fraction of sp³-hybridized carbons (Fsp3) is 0.136. The Morgan fingerprint density at radius 3 is 2.42 bits per heavy atom. The number of ether oxygens (including phenoxy) is 2. The second-order valence-electron chi connectivity index (χ2n) is 6.06. The highest BCUT2D eigenvalue weighted by atomic mass is 16.5. The first-order chi connectivity index (χ1) is 12.8. The molecule has 4 heteroatoms. The van der Waals surface area contributed by atoms with Crippen LogP contribution < -0.4 is 10.1 Å². The van der Waals surface area contributed by atoms with Gasteiger partial charge in [-0.1, -0.05) is 42.5 Å². The second kappa shape index (κ2) is 6.92. The summed E-state index contributed by atoms with van der Waals surface area (Å²) in [6, 6.07) is 23.3. The van der Waals surface area contributed by atoms with Crippen LogP contribution in [0.4, 0.5) is 5.69 Å². The van der Waals surface area contributed by atoms with Gasteiger partial charge >= 0.3 is 5.97 Å². The van der Waals surface area contributed by atoms with Gasteiger partial charge in [0.2, 0.25) is 0 Å². The molecular weight excluding hydrogens is 326 g/mol. The summed E-state index contributed by atoms with van der Waals surface area (Å²) in [5.74, 6) is 1.32. The summed E-state index contributed by atoms with van der Waals surface area (Å²) in [5, 5.41) is 3.56. The van der Waals surface area contributed by atoms with Crippen LogP contribution in [0.15, 0.2) is 72.8 Å². The van der Waals surface area contributed by atoms with Crippen LogP contribution in [-0.4, -0.2) is 12.6 Å². The number of fused-ring (bicyclic) bond motifs is 2. The van der Waals surface area contributed by atoms with Crippen molar-refractivity contribution in [2.24, 2.45) is 0 Å². The zero-order valence-corrected chi connectivity index (χ0v) is 14.4. The van der Waals surface area contributed by atoms with Crippen molar-refractivity contribution >= 4 is 11.7 Å². The molecule has 1 heterocycles. The summed E-state index contributed by atoms with van der Waals surface area (Å²) in [6.45, 7) is 2.17. The summed E-state index contributed by atoms with van der Waals surface area (Å²) in [4.78, 5) is 11.9. The molecule has 1 aliphatic rings. The highest BCUT2D eigenvalue weighted by Crippen LogP contribution is 2.42. The molecule has 0 bridgehead atoms. The van der Waals surface area contributed by atoms with Crippen molar-refractivity contribution in [2.75, 3.05) is 11.9 Å². The van der Waals surface area contributed by atoms with Gasteiger partial charge in [-0.25, -0.2) is 4.79 Å². The lowest BCUT2D eigenvalue weighted by molar-refractivity contribution is 0.0526. The van der Waals surface area contributed by atoms with E-state index in [1.165, 1.54) is 0 Å². The van der Waals surface area contributed by atoms with Crippen molar-refractivity contribution < 1.29 is 14.3 Å². The maximum atomic E-state index is 11.9. The Morgan fingerprint density at radius 1 is 0.962 bits per heavy atom. The lowest BCUT2D eigenvalue weighted by atomic mass is 9.97. The minimum absolute atomic E-state index is 0.0777. The zero-order chi connectivity index (χ0) is 17.9. The van der Waals surface area contributed by atoms with Crippen molar-refractivity contribution in [3.63, 3.8) is 0 Å². The van der Waals surface area contributed by atoms with Gasteiger partial charge < -0.3 is 14.8 Å². The highest BCUT2D eigenvalue weighted by molar-refractivity contribution is 5.89. The number of rotatable bonds is 3. The molecule has 0 aliphatic carbocycles. The fourth-order valence-electron chi connectivity index (χ4n) is 3.13. The van der Waals surface area contributed by atoms with Gasteiger partial charge in [-0.3, -0.25) is 0 Å². The van der Waals surface area contributed by atoms with E-state index >= 15 is 0 Å². The fourth-order valence-corrected chi connectivity index (χ4v) is 3.13. The standard InChI is InChI=1S/C22H19NO3/c1-2-25-22(24)16-13-11-15(12-14-16)21-17-7-3-5-9-19(17)26-20-10-6-4-8-18(20)23-21/h3-14,21,23H,2H2,1H3. The molecule has 4 nitrogen and oxygen atoms in total. The lowest BCUT2D eigenvalue weighted by Crippen LogP contribution is -2.12. The summed E-state index contributed by atoms with van der Waals surface area (Å²) < 4.78 is 11.2. The van der Waals surface area contributed by atoms with E-state index in [2.05, 4.69) is 11.4 Å². The maximum Gasteiger partial charge on any atom is 0.338 e. The normalized spacial score (nSPS) is 14.9. The van der Waals surface area contributed by atoms with Crippen LogP contribution in [0, 0.1) is 0 Å². The van der Waals surface area contributed by atoms with Crippen LogP contribution in [-0.2, 0) is 4.74 Å². The number of hydrogen-bond donors (Lipinski definition) is 1. The monoisotopic (exact) mass is 345 g/mol. The number of hydrogen-bond acceptors (Lipinski definition) is 4. The molecule has 0 amide bonds. The summed E-state index contributed by atoms with van der Waals surface area (Å²) in [7, 11) is 0. The first kappa shape index (κ1) is 16.2. The van der Waals surface area contributed by atoms with E-state index in [0.717, 1.165) is 28.3 Å². The average molecular weight is 345 g/mol. The number of carbonyl (C=O) groups excluding carboxylic acids is 1. The number of para-hydroxylation sites is 3. The van der Waals surface area contributed by atoms with Crippen molar-refractivity contribution in [1.29, 1.82) is 0 Å². The molecule has 1 atom stereocenters. The van der Waals surface area contributed by atoms with E-state index in [4.69, 9.17) is 9.47 Å². The first-order valence-electron chi connectivity index (χ1n) is 8.65. The van der Waals surface area contributed by atoms with Gasteiger partial charge in [-0.05, 0) is 42.8 Å². The van der Waals surface area contributed by atoms with Crippen LogP contribution in [0.3, 0.4) is 0 Å². The molecule has 0 radical (unpaired) electrons. The molecule has 1 unspecified atom stereocenters. The Morgan fingerprint density at radius 2 is 1.65 bits per heavy atom. The predicted octanol–water partition coefficient (Wildman–Crippen LogP) is 5.17. The number of nitrogens with one attached hydrogen (secondary N) is 1. The van der Waals surface area contributed by atoms with E-state index in [1.54, 1.807) is 19.1 Å². The van der Waals surface area contributed by atoms with Gasteiger partial charge in [-0.2, -0.15) is 0 Å². The third kappa shape index (κ3) is 3.02. The van der Waals surface area contributed by atoms with Crippen molar-refractivity contribution in [3.8, 4) is 11.5 Å². The average Bonchev–Trinajstić information content (AvgIpc) is 2.85. The summed E-state index contributed by atoms with van der Waals surface area (Å²) in [5.41, 5.74) is 3.58. The topological polar surface area (TPSA) is 47.6 Å². The summed E-state index contributed by atoms with van der Waals surface area (Å²) in [6.07, 6.45) is 0. The number of carbonyl (C=O) groups is 1. The number of esters is 1. The Bertz CT molecular complexity index is 934. The van der Waals surface area contributed by atoms with Crippen molar-refractivity contribution in [3.05, 3.63) is 89.5 Å². The minimum atomic E-state index is -0.304. The Balaban J connectivity index is 1.74. The number of benzene rings is 3. The quantitative estimate of drug-likeness (QED) is 0.665. The van der Waals surface area contributed by atoms with Crippen LogP contribution in [0.2, 0.25) is 0 Å². The van der Waals surface area contributed by atoms with Crippen molar-refractivity contribution in [1.82, 2.24) is 0 Å². The van der Waals surface area contributed by atoms with E-state index in [0.29, 0.717) is 12.2 Å².